The van der Waals surface area contributed by atoms with Gasteiger partial charge in [0.15, 0.2) is 0 Å². The van der Waals surface area contributed by atoms with Gasteiger partial charge in [-0.2, -0.15) is 0 Å². The number of aromatic amines is 1. The topological polar surface area (TPSA) is 128 Å². The summed E-state index contributed by atoms with van der Waals surface area (Å²) < 4.78 is 18.1. The van der Waals surface area contributed by atoms with Gasteiger partial charge in [0.2, 0.25) is 6.29 Å². The van der Waals surface area contributed by atoms with Gasteiger partial charge in [0.05, 0.1) is 11.8 Å². The maximum absolute atomic E-state index is 14.2. The number of aliphatic hydroxyl groups is 3. The second kappa shape index (κ2) is 11.2. The van der Waals surface area contributed by atoms with E-state index in [1.807, 2.05) is 63.5 Å². The van der Waals surface area contributed by atoms with E-state index in [2.05, 4.69) is 9.88 Å². The van der Waals surface area contributed by atoms with Crippen LogP contribution in [0.5, 0.6) is 11.5 Å². The molecule has 3 aliphatic rings. The number of carbonyl (C=O) groups is 1. The summed E-state index contributed by atoms with van der Waals surface area (Å²) in [4.78, 5) is 21.2. The highest BCUT2D eigenvalue weighted by atomic mass is 35.5. The summed E-state index contributed by atoms with van der Waals surface area (Å²) in [6, 6.07) is 15.3. The first-order valence-corrected chi connectivity index (χ1v) is 15.3. The van der Waals surface area contributed by atoms with Crippen molar-refractivity contribution in [3.63, 3.8) is 0 Å². The third-order valence-electron chi connectivity index (χ3n) is 9.00. The fourth-order valence-electron chi connectivity index (χ4n) is 6.59. The molecule has 0 aliphatic carbocycles. The molecule has 4 N–H and O–H groups in total. The third-order valence-corrected chi connectivity index (χ3v) is 9.31. The first-order valence-electron chi connectivity index (χ1n) is 14.9. The van der Waals surface area contributed by atoms with E-state index < -0.39 is 30.7 Å². The quantitative estimate of drug-likeness (QED) is 0.241. The van der Waals surface area contributed by atoms with Crippen molar-refractivity contribution in [2.24, 2.45) is 0 Å². The number of aromatic nitrogens is 1. The Kier molecular flexibility index (Phi) is 7.47. The van der Waals surface area contributed by atoms with Gasteiger partial charge in [-0.3, -0.25) is 4.79 Å². The summed E-state index contributed by atoms with van der Waals surface area (Å²) in [5.74, 6) is 0.785. The summed E-state index contributed by atoms with van der Waals surface area (Å²) >= 11 is 6.76. The second-order valence-electron chi connectivity index (χ2n) is 12.3. The van der Waals surface area contributed by atoms with E-state index in [1.165, 1.54) is 0 Å². The van der Waals surface area contributed by atoms with E-state index in [0.717, 1.165) is 45.1 Å². The third kappa shape index (κ3) is 4.99. The van der Waals surface area contributed by atoms with Gasteiger partial charge in [-0.1, -0.05) is 12.1 Å². The minimum atomic E-state index is -1.46. The Labute approximate surface area is 259 Å². The van der Waals surface area contributed by atoms with Crippen LogP contribution in [-0.4, -0.2) is 101 Å². The molecule has 1 saturated heterocycles. The number of alkyl halides is 1. The molecule has 4 bridgehead atoms. The van der Waals surface area contributed by atoms with Crippen molar-refractivity contribution in [3.8, 4) is 11.5 Å². The van der Waals surface area contributed by atoms with Crippen molar-refractivity contribution in [1.82, 2.24) is 9.88 Å². The fraction of sp³-hybridized carbons (Fsp3) is 0.424. The van der Waals surface area contributed by atoms with Crippen molar-refractivity contribution < 1.29 is 34.3 Å². The highest BCUT2D eigenvalue weighted by molar-refractivity contribution is 6.22. The first-order chi connectivity index (χ1) is 21.1. The van der Waals surface area contributed by atoms with Crippen LogP contribution in [0.15, 0.2) is 48.5 Å². The number of fused-ring (bicyclic) bond motifs is 6. The summed E-state index contributed by atoms with van der Waals surface area (Å²) in [7, 11) is 3.98. The van der Waals surface area contributed by atoms with E-state index in [9.17, 15) is 20.1 Å². The average molecular weight is 622 g/mol. The molecular formula is C33H36ClN3O7. The molecule has 7 atom stereocenters. The lowest BCUT2D eigenvalue weighted by atomic mass is 9.90. The number of rotatable bonds is 6. The molecule has 0 radical (unpaired) electrons. The van der Waals surface area contributed by atoms with Crippen LogP contribution in [0, 0.1) is 0 Å². The number of hydrogen-bond donors (Lipinski definition) is 4. The molecule has 0 spiro atoms. The van der Waals surface area contributed by atoms with Crippen LogP contribution >= 0.6 is 11.6 Å². The van der Waals surface area contributed by atoms with Gasteiger partial charge >= 0.3 is 0 Å². The maximum Gasteiger partial charge on any atom is 0.274 e. The second-order valence-corrected chi connectivity index (χ2v) is 13.0. The molecule has 7 rings (SSSR count). The Morgan fingerprint density at radius 1 is 1.09 bits per heavy atom. The van der Waals surface area contributed by atoms with Gasteiger partial charge in [0.1, 0.15) is 42.1 Å². The molecule has 1 aromatic heterocycles. The number of nitrogens with zero attached hydrogens (tertiary/aromatic N) is 2. The van der Waals surface area contributed by atoms with E-state index >= 15 is 0 Å². The SMILES string of the molecule is CC(Cl)[C@@H]1CN(C(=O)c2cc3cc(OCCN(C)C)ccc3[nH]2)c2cc3c4cc(ccc4c21)CC1O[C@@H](O3)C(O)C(O)[C@H]1O. The predicted octanol–water partition coefficient (Wildman–Crippen LogP) is 3.38. The van der Waals surface area contributed by atoms with Crippen molar-refractivity contribution in [3.05, 3.63) is 65.4 Å². The molecular weight excluding hydrogens is 586 g/mol. The standard InChI is InChI=1S/C33H36ClN3O7/c1-16(34)22-15-37(32(41)24-13-18-12-19(5-7-23(18)35-24)42-9-8-36(2)3)25-14-26-21-10-17(4-6-20(21)28(22)25)11-27-29(38)30(39)31(40)33(43-26)44-27/h4-7,10,12-14,16,22,27,29-31,33,35,38-40H,8-9,11,15H2,1-3H3/t16?,22-,27?,29-,30?,31?,33+/m0/s1. The zero-order valence-electron chi connectivity index (χ0n) is 24.7. The van der Waals surface area contributed by atoms with Crippen LogP contribution in [0.25, 0.3) is 21.7 Å². The van der Waals surface area contributed by atoms with Crippen LogP contribution in [0.4, 0.5) is 5.69 Å². The monoisotopic (exact) mass is 621 g/mol. The molecule has 4 heterocycles. The van der Waals surface area contributed by atoms with Crippen LogP contribution in [0.3, 0.4) is 0 Å². The van der Waals surface area contributed by atoms with E-state index in [0.29, 0.717) is 36.7 Å². The average Bonchev–Trinajstić information content (AvgIpc) is 3.60. The molecule has 0 saturated carbocycles. The molecule has 232 valence electrons. The predicted molar refractivity (Wildman–Crippen MR) is 167 cm³/mol. The lowest BCUT2D eigenvalue weighted by Crippen LogP contribution is -2.59. The Morgan fingerprint density at radius 2 is 1.91 bits per heavy atom. The maximum atomic E-state index is 14.2. The van der Waals surface area contributed by atoms with E-state index in [-0.39, 0.29) is 17.2 Å². The van der Waals surface area contributed by atoms with Gasteiger partial charge in [-0.25, -0.2) is 0 Å². The van der Waals surface area contributed by atoms with Gasteiger partial charge in [0, 0.05) is 53.2 Å². The van der Waals surface area contributed by atoms with Crippen LogP contribution in [0.2, 0.25) is 0 Å². The Morgan fingerprint density at radius 3 is 2.68 bits per heavy atom. The highest BCUT2D eigenvalue weighted by Gasteiger charge is 2.46. The Balaban J connectivity index is 1.27. The van der Waals surface area contributed by atoms with Crippen molar-refractivity contribution in [2.45, 2.75) is 55.3 Å². The molecule has 4 unspecified atom stereocenters. The number of benzene rings is 3. The largest absolute Gasteiger partial charge is 0.492 e. The molecule has 3 aromatic carbocycles. The number of ether oxygens (including phenoxy) is 3. The number of aliphatic hydroxyl groups excluding tert-OH is 3. The van der Waals surface area contributed by atoms with Gasteiger partial charge in [-0.15, -0.1) is 11.6 Å². The lowest BCUT2D eigenvalue weighted by Gasteiger charge is -2.40. The van der Waals surface area contributed by atoms with E-state index in [1.54, 1.807) is 11.0 Å². The molecule has 1 amide bonds. The molecule has 3 aliphatic heterocycles. The first kappa shape index (κ1) is 29.3. The van der Waals surface area contributed by atoms with Crippen molar-refractivity contribution in [2.75, 3.05) is 38.7 Å². The van der Waals surface area contributed by atoms with Crippen LogP contribution in [-0.2, 0) is 11.2 Å². The van der Waals surface area contributed by atoms with Gasteiger partial charge in [-0.05, 0) is 67.9 Å². The Hall–Kier alpha value is -3.38. The van der Waals surface area contributed by atoms with Crippen LogP contribution in [0.1, 0.15) is 34.5 Å². The highest BCUT2D eigenvalue weighted by Crippen LogP contribution is 2.49. The smallest absolute Gasteiger partial charge is 0.274 e. The molecule has 1 fully saturated rings. The summed E-state index contributed by atoms with van der Waals surface area (Å²) in [6.45, 7) is 3.66. The fourth-order valence-corrected chi connectivity index (χ4v) is 6.79. The minimum absolute atomic E-state index is 0.145. The number of likely N-dealkylation sites (N-methyl/N-ethyl adjacent to an activating group) is 1. The number of H-pyrrole nitrogens is 1. The summed E-state index contributed by atoms with van der Waals surface area (Å²) in [5, 5.41) is 34.1. The van der Waals surface area contributed by atoms with Gasteiger partial charge < -0.3 is 44.3 Å². The minimum Gasteiger partial charge on any atom is -0.492 e. The Bertz CT molecular complexity index is 1740. The number of anilines is 1. The number of hydrogen-bond acceptors (Lipinski definition) is 8. The van der Waals surface area contributed by atoms with E-state index in [4.69, 9.17) is 25.8 Å². The normalized spacial score (nSPS) is 26.8. The molecule has 44 heavy (non-hydrogen) atoms. The summed E-state index contributed by atoms with van der Waals surface area (Å²) in [5.41, 5.74) is 3.75. The van der Waals surface area contributed by atoms with Crippen molar-refractivity contribution in [1.29, 1.82) is 0 Å². The number of amides is 1. The number of carbonyl (C=O) groups excluding carboxylic acids is 1. The molecule has 11 heteroatoms. The zero-order chi connectivity index (χ0) is 30.9. The number of nitrogens with one attached hydrogen (secondary N) is 1. The van der Waals surface area contributed by atoms with Crippen molar-refractivity contribution >= 4 is 44.9 Å². The summed E-state index contributed by atoms with van der Waals surface area (Å²) in [6.07, 6.45) is -5.78. The lowest BCUT2D eigenvalue weighted by molar-refractivity contribution is -0.271. The molecule has 10 nitrogen and oxygen atoms in total. The molecule has 4 aromatic rings. The van der Waals surface area contributed by atoms with Crippen LogP contribution < -0.4 is 14.4 Å². The van der Waals surface area contributed by atoms with Gasteiger partial charge in [0.25, 0.3) is 5.91 Å². The number of halogens is 1. The zero-order valence-corrected chi connectivity index (χ0v) is 25.5.